The highest BCUT2D eigenvalue weighted by Gasteiger charge is 2.08. The van der Waals surface area contributed by atoms with E-state index in [-0.39, 0.29) is 6.04 Å². The van der Waals surface area contributed by atoms with Gasteiger partial charge in [0.05, 0.1) is 4.47 Å². The minimum absolute atomic E-state index is 0.190. The second-order valence-electron chi connectivity index (χ2n) is 4.40. The van der Waals surface area contributed by atoms with Gasteiger partial charge in [-0.1, -0.05) is 35.9 Å². The summed E-state index contributed by atoms with van der Waals surface area (Å²) >= 11 is 9.18. The summed E-state index contributed by atoms with van der Waals surface area (Å²) in [5.41, 5.74) is 2.04. The summed E-state index contributed by atoms with van der Waals surface area (Å²) in [5, 5.41) is 14.0. The molecule has 19 heavy (non-hydrogen) atoms. The Morgan fingerprint density at radius 1 is 1.21 bits per heavy atom. The van der Waals surface area contributed by atoms with Crippen LogP contribution in [0.2, 0.25) is 5.02 Å². The lowest BCUT2D eigenvalue weighted by atomic mass is 10.1. The molecule has 0 radical (unpaired) electrons. The number of rotatable bonds is 4. The first-order chi connectivity index (χ1) is 9.08. The zero-order valence-electron chi connectivity index (χ0n) is 10.5. The van der Waals surface area contributed by atoms with E-state index in [2.05, 4.69) is 28.2 Å². The predicted molar refractivity (Wildman–Crippen MR) is 82.5 cm³/mol. The molecule has 0 aromatic heterocycles. The third-order valence-electron chi connectivity index (χ3n) is 3.04. The van der Waals surface area contributed by atoms with Crippen molar-refractivity contribution in [3.8, 4) is 5.75 Å². The van der Waals surface area contributed by atoms with E-state index in [1.165, 1.54) is 5.56 Å². The normalized spacial score (nSPS) is 12.4. The van der Waals surface area contributed by atoms with Crippen LogP contribution in [-0.2, 0) is 6.54 Å². The maximum atomic E-state index is 9.91. The largest absolute Gasteiger partial charge is 0.506 e. The van der Waals surface area contributed by atoms with Gasteiger partial charge in [-0.3, -0.25) is 0 Å². The van der Waals surface area contributed by atoms with Gasteiger partial charge < -0.3 is 10.4 Å². The lowest BCUT2D eigenvalue weighted by Crippen LogP contribution is -2.18. The van der Waals surface area contributed by atoms with E-state index in [1.54, 1.807) is 0 Å². The first kappa shape index (κ1) is 14.4. The summed E-state index contributed by atoms with van der Waals surface area (Å²) in [6.07, 6.45) is 0. The van der Waals surface area contributed by atoms with E-state index in [4.69, 9.17) is 11.6 Å². The maximum absolute atomic E-state index is 9.91. The van der Waals surface area contributed by atoms with Crippen LogP contribution in [0, 0.1) is 0 Å². The minimum Gasteiger partial charge on any atom is -0.506 e. The molecule has 0 aliphatic carbocycles. The van der Waals surface area contributed by atoms with Gasteiger partial charge in [0.1, 0.15) is 5.75 Å². The second-order valence-corrected chi connectivity index (χ2v) is 5.69. The van der Waals surface area contributed by atoms with Gasteiger partial charge in [0.25, 0.3) is 0 Å². The minimum atomic E-state index is 0.190. The van der Waals surface area contributed by atoms with Gasteiger partial charge in [0, 0.05) is 23.2 Å². The standard InChI is InChI=1S/C15H15BrClNO/c1-10(11-5-7-13(17)8-6-11)18-9-12-3-2-4-14(16)15(12)19/h2-8,10,18-19H,9H2,1H3. The van der Waals surface area contributed by atoms with Crippen molar-refractivity contribution in [1.82, 2.24) is 5.32 Å². The van der Waals surface area contributed by atoms with Gasteiger partial charge in [-0.05, 0) is 46.6 Å². The Kier molecular flexibility index (Phi) is 4.86. The lowest BCUT2D eigenvalue weighted by Gasteiger charge is -2.15. The molecule has 2 N–H and O–H groups in total. The summed E-state index contributed by atoms with van der Waals surface area (Å²) in [6, 6.07) is 13.6. The zero-order chi connectivity index (χ0) is 13.8. The molecule has 0 amide bonds. The number of hydrogen-bond donors (Lipinski definition) is 2. The molecule has 0 spiro atoms. The lowest BCUT2D eigenvalue weighted by molar-refractivity contribution is 0.457. The first-order valence-electron chi connectivity index (χ1n) is 6.03. The van der Waals surface area contributed by atoms with E-state index >= 15 is 0 Å². The fourth-order valence-corrected chi connectivity index (χ4v) is 2.37. The summed E-state index contributed by atoms with van der Waals surface area (Å²) in [4.78, 5) is 0. The molecule has 0 aliphatic rings. The first-order valence-corrected chi connectivity index (χ1v) is 7.20. The van der Waals surface area contributed by atoms with Crippen molar-refractivity contribution in [3.05, 3.63) is 63.1 Å². The summed E-state index contributed by atoms with van der Waals surface area (Å²) in [7, 11) is 0. The van der Waals surface area contributed by atoms with E-state index in [0.717, 1.165) is 10.6 Å². The topological polar surface area (TPSA) is 32.3 Å². The summed E-state index contributed by atoms with van der Waals surface area (Å²) in [5.74, 6) is 0.290. The number of aromatic hydroxyl groups is 1. The number of hydrogen-bond acceptors (Lipinski definition) is 2. The van der Waals surface area contributed by atoms with Crippen LogP contribution >= 0.6 is 27.5 Å². The fraction of sp³-hybridized carbons (Fsp3) is 0.200. The molecular weight excluding hydrogens is 326 g/mol. The van der Waals surface area contributed by atoms with Crippen molar-refractivity contribution in [3.63, 3.8) is 0 Å². The number of phenols is 1. The molecule has 0 aliphatic heterocycles. The van der Waals surface area contributed by atoms with E-state index in [9.17, 15) is 5.11 Å². The molecule has 2 aromatic rings. The van der Waals surface area contributed by atoms with Crippen molar-refractivity contribution < 1.29 is 5.11 Å². The Bertz CT molecular complexity index is 557. The van der Waals surface area contributed by atoms with Crippen LogP contribution in [0.5, 0.6) is 5.75 Å². The van der Waals surface area contributed by atoms with Crippen LogP contribution < -0.4 is 5.32 Å². The number of para-hydroxylation sites is 1. The molecule has 100 valence electrons. The van der Waals surface area contributed by atoms with Crippen LogP contribution in [-0.4, -0.2) is 5.11 Å². The van der Waals surface area contributed by atoms with Crippen molar-refractivity contribution in [2.24, 2.45) is 0 Å². The molecular formula is C15H15BrClNO. The summed E-state index contributed by atoms with van der Waals surface area (Å²) < 4.78 is 0.714. The molecule has 0 fully saturated rings. The van der Waals surface area contributed by atoms with Gasteiger partial charge >= 0.3 is 0 Å². The molecule has 2 aromatic carbocycles. The molecule has 2 rings (SSSR count). The smallest absolute Gasteiger partial charge is 0.134 e. The quantitative estimate of drug-likeness (QED) is 0.848. The Hall–Kier alpha value is -1.03. The Morgan fingerprint density at radius 3 is 2.58 bits per heavy atom. The monoisotopic (exact) mass is 339 g/mol. The Labute approximate surface area is 126 Å². The van der Waals surface area contributed by atoms with Crippen molar-refractivity contribution >= 4 is 27.5 Å². The van der Waals surface area contributed by atoms with Crippen molar-refractivity contribution in [1.29, 1.82) is 0 Å². The van der Waals surface area contributed by atoms with Gasteiger partial charge in [0.2, 0.25) is 0 Å². The van der Waals surface area contributed by atoms with Crippen molar-refractivity contribution in [2.45, 2.75) is 19.5 Å². The van der Waals surface area contributed by atoms with Gasteiger partial charge in [-0.25, -0.2) is 0 Å². The molecule has 1 atom stereocenters. The predicted octanol–water partition coefficient (Wildman–Crippen LogP) is 4.66. The van der Waals surface area contributed by atoms with Crippen LogP contribution in [0.25, 0.3) is 0 Å². The molecule has 0 heterocycles. The van der Waals surface area contributed by atoms with Crippen molar-refractivity contribution in [2.75, 3.05) is 0 Å². The van der Waals surface area contributed by atoms with Gasteiger partial charge in [0.15, 0.2) is 0 Å². The highest BCUT2D eigenvalue weighted by atomic mass is 79.9. The SMILES string of the molecule is CC(NCc1cccc(Br)c1O)c1ccc(Cl)cc1. The number of phenolic OH excluding ortho intramolecular Hbond substituents is 1. The van der Waals surface area contributed by atoms with E-state index in [0.29, 0.717) is 16.8 Å². The third-order valence-corrected chi connectivity index (χ3v) is 3.93. The molecule has 4 heteroatoms. The average Bonchev–Trinajstić information content (AvgIpc) is 2.41. The molecule has 0 bridgehead atoms. The molecule has 1 unspecified atom stereocenters. The van der Waals surface area contributed by atoms with Crippen LogP contribution in [0.4, 0.5) is 0 Å². The van der Waals surface area contributed by atoms with E-state index < -0.39 is 0 Å². The zero-order valence-corrected chi connectivity index (χ0v) is 12.9. The van der Waals surface area contributed by atoms with Crippen LogP contribution in [0.1, 0.15) is 24.1 Å². The second kappa shape index (κ2) is 6.42. The highest BCUT2D eigenvalue weighted by Crippen LogP contribution is 2.27. The van der Waals surface area contributed by atoms with Crippen LogP contribution in [0.15, 0.2) is 46.9 Å². The molecule has 2 nitrogen and oxygen atoms in total. The van der Waals surface area contributed by atoms with E-state index in [1.807, 2.05) is 42.5 Å². The number of halogens is 2. The van der Waals surface area contributed by atoms with Gasteiger partial charge in [-0.15, -0.1) is 0 Å². The molecule has 0 saturated carbocycles. The third kappa shape index (κ3) is 3.72. The highest BCUT2D eigenvalue weighted by molar-refractivity contribution is 9.10. The maximum Gasteiger partial charge on any atom is 0.134 e. The average molecular weight is 341 g/mol. The molecule has 0 saturated heterocycles. The van der Waals surface area contributed by atoms with Gasteiger partial charge in [-0.2, -0.15) is 0 Å². The van der Waals surface area contributed by atoms with Crippen LogP contribution in [0.3, 0.4) is 0 Å². The Morgan fingerprint density at radius 2 is 1.89 bits per heavy atom. The summed E-state index contributed by atoms with van der Waals surface area (Å²) in [6.45, 7) is 2.69. The fourth-order valence-electron chi connectivity index (χ4n) is 1.84. The number of benzene rings is 2. The number of nitrogens with one attached hydrogen (secondary N) is 1. The Balaban J connectivity index is 2.02.